The van der Waals surface area contributed by atoms with Crippen LogP contribution in [0.25, 0.3) is 0 Å². The summed E-state index contributed by atoms with van der Waals surface area (Å²) in [5, 5.41) is 9.72. The molecule has 0 saturated carbocycles. The minimum absolute atomic E-state index is 0.00753. The van der Waals surface area contributed by atoms with Crippen molar-refractivity contribution in [1.29, 1.82) is 0 Å². The monoisotopic (exact) mass is 468 g/mol. The smallest absolute Gasteiger partial charge is 0.305 e. The van der Waals surface area contributed by atoms with Gasteiger partial charge >= 0.3 is 5.97 Å². The van der Waals surface area contributed by atoms with E-state index in [2.05, 4.69) is 13.8 Å². The average Bonchev–Trinajstić information content (AvgIpc) is 2.80. The summed E-state index contributed by atoms with van der Waals surface area (Å²) in [6.45, 7) is 5.02. The van der Waals surface area contributed by atoms with Crippen molar-refractivity contribution in [3.8, 4) is 0 Å². The highest BCUT2D eigenvalue weighted by Crippen LogP contribution is 2.14. The van der Waals surface area contributed by atoms with Gasteiger partial charge in [0.2, 0.25) is 0 Å². The van der Waals surface area contributed by atoms with E-state index in [0.29, 0.717) is 13.0 Å². The topological polar surface area (TPSA) is 46.5 Å². The molecule has 0 aliphatic rings. The Morgan fingerprint density at radius 3 is 1.45 bits per heavy atom. The summed E-state index contributed by atoms with van der Waals surface area (Å²) >= 11 is 0. The van der Waals surface area contributed by atoms with Gasteiger partial charge in [-0.25, -0.2) is 0 Å². The third-order valence-electron chi connectivity index (χ3n) is 6.80. The quantitative estimate of drug-likeness (QED) is 0.0963. The number of esters is 1. The molecule has 0 bridgehead atoms. The Hall–Kier alpha value is -0.570. The van der Waals surface area contributed by atoms with Gasteiger partial charge in [0, 0.05) is 6.42 Å². The number of ether oxygens (including phenoxy) is 1. The molecule has 1 unspecified atom stereocenters. The standard InChI is InChI=1S/C30H60O3/c1-3-5-6-7-8-9-15-18-21-24-28-33-30(32)27-23-20-17-14-12-10-11-13-16-19-22-26-29(31)25-4-2/h29,31H,3-28H2,1-2H3. The molecule has 1 N–H and O–H groups in total. The Balaban J connectivity index is 3.17. The van der Waals surface area contributed by atoms with Crippen molar-refractivity contribution in [2.45, 2.75) is 180 Å². The lowest BCUT2D eigenvalue weighted by Gasteiger charge is -2.08. The van der Waals surface area contributed by atoms with Crippen LogP contribution in [0.15, 0.2) is 0 Å². The van der Waals surface area contributed by atoms with Crippen molar-refractivity contribution in [2.24, 2.45) is 0 Å². The maximum absolute atomic E-state index is 11.8. The van der Waals surface area contributed by atoms with E-state index in [4.69, 9.17) is 4.74 Å². The van der Waals surface area contributed by atoms with E-state index >= 15 is 0 Å². The summed E-state index contributed by atoms with van der Waals surface area (Å²) in [7, 11) is 0. The molecule has 0 aromatic rings. The van der Waals surface area contributed by atoms with E-state index in [-0.39, 0.29) is 12.1 Å². The number of hydrogen-bond acceptors (Lipinski definition) is 3. The molecule has 0 fully saturated rings. The molecule has 33 heavy (non-hydrogen) atoms. The van der Waals surface area contributed by atoms with Gasteiger partial charge in [-0.3, -0.25) is 4.79 Å². The highest BCUT2D eigenvalue weighted by Gasteiger charge is 2.03. The van der Waals surface area contributed by atoms with Gasteiger partial charge in [0.25, 0.3) is 0 Å². The van der Waals surface area contributed by atoms with E-state index in [1.165, 1.54) is 116 Å². The molecule has 0 amide bonds. The molecule has 3 nitrogen and oxygen atoms in total. The van der Waals surface area contributed by atoms with Crippen molar-refractivity contribution in [2.75, 3.05) is 6.61 Å². The van der Waals surface area contributed by atoms with Crippen LogP contribution >= 0.6 is 0 Å². The molecule has 0 aliphatic heterocycles. The molecule has 0 rings (SSSR count). The van der Waals surface area contributed by atoms with Gasteiger partial charge in [0.1, 0.15) is 0 Å². The lowest BCUT2D eigenvalue weighted by atomic mass is 10.0. The van der Waals surface area contributed by atoms with Gasteiger partial charge in [-0.15, -0.1) is 0 Å². The summed E-state index contributed by atoms with van der Waals surface area (Å²) in [5.74, 6) is 0.00753. The van der Waals surface area contributed by atoms with Crippen molar-refractivity contribution >= 4 is 5.97 Å². The van der Waals surface area contributed by atoms with Crippen LogP contribution in [0.3, 0.4) is 0 Å². The molecule has 0 heterocycles. The third-order valence-corrected chi connectivity index (χ3v) is 6.80. The van der Waals surface area contributed by atoms with Crippen LogP contribution in [0, 0.1) is 0 Å². The fraction of sp³-hybridized carbons (Fsp3) is 0.967. The fourth-order valence-corrected chi connectivity index (χ4v) is 4.57. The fourth-order valence-electron chi connectivity index (χ4n) is 4.57. The highest BCUT2D eigenvalue weighted by atomic mass is 16.5. The molecule has 1 atom stereocenters. The molecule has 0 spiro atoms. The van der Waals surface area contributed by atoms with Crippen LogP contribution in [0.5, 0.6) is 0 Å². The first-order valence-electron chi connectivity index (χ1n) is 15.0. The third kappa shape index (κ3) is 27.6. The number of hydrogen-bond donors (Lipinski definition) is 1. The first-order chi connectivity index (χ1) is 16.2. The Kier molecular flexibility index (Phi) is 27.2. The number of rotatable bonds is 27. The minimum atomic E-state index is -0.0682. The number of carbonyl (C=O) groups excluding carboxylic acids is 1. The minimum Gasteiger partial charge on any atom is -0.466 e. The van der Waals surface area contributed by atoms with E-state index in [9.17, 15) is 9.90 Å². The summed E-state index contributed by atoms with van der Waals surface area (Å²) < 4.78 is 5.39. The number of unbranched alkanes of at least 4 members (excludes halogenated alkanes) is 19. The van der Waals surface area contributed by atoms with Gasteiger partial charge in [0.05, 0.1) is 12.7 Å². The summed E-state index contributed by atoms with van der Waals surface area (Å²) in [6, 6.07) is 0. The molecular weight excluding hydrogens is 408 g/mol. The van der Waals surface area contributed by atoms with Gasteiger partial charge in [0.15, 0.2) is 0 Å². The molecule has 3 heteroatoms. The number of carbonyl (C=O) groups is 1. The lowest BCUT2D eigenvalue weighted by Crippen LogP contribution is -2.05. The van der Waals surface area contributed by atoms with Crippen molar-refractivity contribution < 1.29 is 14.6 Å². The zero-order valence-corrected chi connectivity index (χ0v) is 22.7. The van der Waals surface area contributed by atoms with Crippen LogP contribution in [-0.2, 0) is 9.53 Å². The van der Waals surface area contributed by atoms with Crippen LogP contribution in [0.2, 0.25) is 0 Å². The maximum Gasteiger partial charge on any atom is 0.305 e. The molecular formula is C30H60O3. The second-order valence-corrected chi connectivity index (χ2v) is 10.3. The predicted octanol–water partition coefficient (Wildman–Crippen LogP) is 9.68. The first kappa shape index (κ1) is 32.4. The van der Waals surface area contributed by atoms with Gasteiger partial charge in [-0.2, -0.15) is 0 Å². The molecule has 0 aromatic carbocycles. The van der Waals surface area contributed by atoms with E-state index in [1.807, 2.05) is 0 Å². The summed E-state index contributed by atoms with van der Waals surface area (Å²) in [5.41, 5.74) is 0. The van der Waals surface area contributed by atoms with Gasteiger partial charge in [-0.05, 0) is 25.7 Å². The largest absolute Gasteiger partial charge is 0.466 e. The normalized spacial score (nSPS) is 12.2. The second kappa shape index (κ2) is 27.7. The van der Waals surface area contributed by atoms with Crippen molar-refractivity contribution in [1.82, 2.24) is 0 Å². The molecule has 0 aliphatic carbocycles. The highest BCUT2D eigenvalue weighted by molar-refractivity contribution is 5.69. The molecule has 198 valence electrons. The first-order valence-corrected chi connectivity index (χ1v) is 15.0. The maximum atomic E-state index is 11.8. The Bertz CT molecular complexity index is 383. The Labute approximate surface area is 207 Å². The second-order valence-electron chi connectivity index (χ2n) is 10.3. The summed E-state index contributed by atoms with van der Waals surface area (Å²) in [6.07, 6.45) is 30.5. The molecule has 0 aromatic heterocycles. The van der Waals surface area contributed by atoms with E-state index in [1.54, 1.807) is 0 Å². The number of aliphatic hydroxyl groups is 1. The molecule has 0 radical (unpaired) electrons. The van der Waals surface area contributed by atoms with Crippen LogP contribution in [0.1, 0.15) is 174 Å². The SMILES string of the molecule is CCCCCCCCCCCCOC(=O)CCCCCCCCCCCCCC(O)CCC. The zero-order valence-electron chi connectivity index (χ0n) is 22.7. The van der Waals surface area contributed by atoms with Gasteiger partial charge in [-0.1, -0.05) is 142 Å². The van der Waals surface area contributed by atoms with Crippen molar-refractivity contribution in [3.63, 3.8) is 0 Å². The Morgan fingerprint density at radius 1 is 0.545 bits per heavy atom. The Morgan fingerprint density at radius 2 is 0.970 bits per heavy atom. The molecule has 0 saturated heterocycles. The lowest BCUT2D eigenvalue weighted by molar-refractivity contribution is -0.143. The van der Waals surface area contributed by atoms with E-state index in [0.717, 1.165) is 38.5 Å². The number of aliphatic hydroxyl groups excluding tert-OH is 1. The zero-order chi connectivity index (χ0) is 24.2. The summed E-state index contributed by atoms with van der Waals surface area (Å²) in [4.78, 5) is 11.8. The van der Waals surface area contributed by atoms with Crippen molar-refractivity contribution in [3.05, 3.63) is 0 Å². The van der Waals surface area contributed by atoms with Crippen LogP contribution < -0.4 is 0 Å². The van der Waals surface area contributed by atoms with E-state index < -0.39 is 0 Å². The van der Waals surface area contributed by atoms with Gasteiger partial charge < -0.3 is 9.84 Å². The average molecular weight is 469 g/mol. The van der Waals surface area contributed by atoms with Crippen LogP contribution in [-0.4, -0.2) is 23.8 Å². The van der Waals surface area contributed by atoms with Crippen LogP contribution in [0.4, 0.5) is 0 Å². The predicted molar refractivity (Wildman–Crippen MR) is 144 cm³/mol.